The highest BCUT2D eigenvalue weighted by atomic mass is 32.2. The van der Waals surface area contributed by atoms with E-state index in [4.69, 9.17) is 4.74 Å². The van der Waals surface area contributed by atoms with E-state index in [1.165, 1.54) is 28.2 Å². The molecule has 1 amide bonds. The lowest BCUT2D eigenvalue weighted by Gasteiger charge is -2.21. The zero-order valence-electron chi connectivity index (χ0n) is 15.8. The third-order valence-electron chi connectivity index (χ3n) is 3.97. The van der Waals surface area contributed by atoms with E-state index in [2.05, 4.69) is 5.32 Å². The second-order valence-electron chi connectivity index (χ2n) is 6.15. The van der Waals surface area contributed by atoms with Crippen LogP contribution in [0.15, 0.2) is 58.3 Å². The summed E-state index contributed by atoms with van der Waals surface area (Å²) in [5.74, 6) is 0.857. The maximum Gasteiger partial charge on any atom is 0.243 e. The Morgan fingerprint density at radius 1 is 1.11 bits per heavy atom. The number of amides is 1. The third kappa shape index (κ3) is 5.72. The SMILES string of the molecule is COc1ccc(SCC(=O)Nc2ccc(S(=O)(=O)N(C)C(C)C)cc2)cc1. The maximum atomic E-state index is 12.4. The number of carbonyl (C=O) groups excluding carboxylic acids is 1. The first kappa shape index (κ1) is 21.3. The predicted molar refractivity (Wildman–Crippen MR) is 109 cm³/mol. The molecule has 0 saturated heterocycles. The summed E-state index contributed by atoms with van der Waals surface area (Å²) < 4.78 is 31.3. The van der Waals surface area contributed by atoms with Crippen molar-refractivity contribution < 1.29 is 17.9 Å². The number of rotatable bonds is 8. The molecule has 2 rings (SSSR count). The van der Waals surface area contributed by atoms with Gasteiger partial charge >= 0.3 is 0 Å². The molecule has 0 fully saturated rings. The fourth-order valence-electron chi connectivity index (χ4n) is 2.17. The lowest BCUT2D eigenvalue weighted by atomic mass is 10.3. The molecule has 0 spiro atoms. The van der Waals surface area contributed by atoms with Crippen molar-refractivity contribution in [3.05, 3.63) is 48.5 Å². The van der Waals surface area contributed by atoms with Crippen molar-refractivity contribution in [1.82, 2.24) is 4.31 Å². The van der Waals surface area contributed by atoms with Crippen LogP contribution in [0, 0.1) is 0 Å². The lowest BCUT2D eigenvalue weighted by Crippen LogP contribution is -2.33. The number of anilines is 1. The average molecular weight is 409 g/mol. The van der Waals surface area contributed by atoms with E-state index in [0.29, 0.717) is 5.69 Å². The molecule has 0 aliphatic heterocycles. The van der Waals surface area contributed by atoms with Crippen LogP contribution in [0.3, 0.4) is 0 Å². The van der Waals surface area contributed by atoms with Gasteiger partial charge in [0.1, 0.15) is 5.75 Å². The monoisotopic (exact) mass is 408 g/mol. The highest BCUT2D eigenvalue weighted by Gasteiger charge is 2.22. The van der Waals surface area contributed by atoms with Crippen LogP contribution in [0.5, 0.6) is 5.75 Å². The Balaban J connectivity index is 1.94. The van der Waals surface area contributed by atoms with Gasteiger partial charge in [-0.15, -0.1) is 11.8 Å². The molecule has 0 radical (unpaired) electrons. The minimum absolute atomic E-state index is 0.135. The molecular weight excluding hydrogens is 384 g/mol. The van der Waals surface area contributed by atoms with Gasteiger partial charge in [0.15, 0.2) is 0 Å². The number of nitrogens with zero attached hydrogens (tertiary/aromatic N) is 1. The molecule has 2 aromatic carbocycles. The second-order valence-corrected chi connectivity index (χ2v) is 9.20. The summed E-state index contributed by atoms with van der Waals surface area (Å²) in [5, 5.41) is 2.77. The van der Waals surface area contributed by atoms with Crippen molar-refractivity contribution in [3.63, 3.8) is 0 Å². The Labute approximate surface area is 165 Å². The van der Waals surface area contributed by atoms with Gasteiger partial charge in [0.25, 0.3) is 0 Å². The molecule has 0 saturated carbocycles. The number of sulfonamides is 1. The van der Waals surface area contributed by atoms with E-state index < -0.39 is 10.0 Å². The summed E-state index contributed by atoms with van der Waals surface area (Å²) in [6.07, 6.45) is 0. The van der Waals surface area contributed by atoms with Crippen LogP contribution in [0.4, 0.5) is 5.69 Å². The topological polar surface area (TPSA) is 75.7 Å². The van der Waals surface area contributed by atoms with Crippen LogP contribution in [-0.4, -0.2) is 44.6 Å². The molecule has 0 bridgehead atoms. The van der Waals surface area contributed by atoms with E-state index in [0.717, 1.165) is 10.6 Å². The van der Waals surface area contributed by atoms with E-state index in [1.54, 1.807) is 26.3 Å². The van der Waals surface area contributed by atoms with Crippen LogP contribution in [0.1, 0.15) is 13.8 Å². The quantitative estimate of drug-likeness (QED) is 0.677. The number of thioether (sulfide) groups is 1. The van der Waals surface area contributed by atoms with Crippen molar-refractivity contribution >= 4 is 33.4 Å². The van der Waals surface area contributed by atoms with Gasteiger partial charge in [-0.3, -0.25) is 4.79 Å². The summed E-state index contributed by atoms with van der Waals surface area (Å²) in [6.45, 7) is 3.62. The molecule has 0 aliphatic carbocycles. The molecule has 0 aromatic heterocycles. The molecule has 2 aromatic rings. The maximum absolute atomic E-state index is 12.4. The number of methoxy groups -OCH3 is 1. The molecule has 0 unspecified atom stereocenters. The van der Waals surface area contributed by atoms with Gasteiger partial charge in [-0.05, 0) is 62.4 Å². The van der Waals surface area contributed by atoms with E-state index in [1.807, 2.05) is 38.1 Å². The van der Waals surface area contributed by atoms with Gasteiger partial charge < -0.3 is 10.1 Å². The number of nitrogens with one attached hydrogen (secondary N) is 1. The van der Waals surface area contributed by atoms with E-state index in [-0.39, 0.29) is 22.6 Å². The molecule has 27 heavy (non-hydrogen) atoms. The van der Waals surface area contributed by atoms with Crippen molar-refractivity contribution in [1.29, 1.82) is 0 Å². The Morgan fingerprint density at radius 2 is 1.70 bits per heavy atom. The van der Waals surface area contributed by atoms with Gasteiger partial charge in [0, 0.05) is 23.7 Å². The number of benzene rings is 2. The Bertz CT molecular complexity index is 864. The van der Waals surface area contributed by atoms with Crippen LogP contribution in [0.25, 0.3) is 0 Å². The normalized spacial score (nSPS) is 11.6. The van der Waals surface area contributed by atoms with Crippen molar-refractivity contribution in [2.45, 2.75) is 29.7 Å². The van der Waals surface area contributed by atoms with Crippen molar-refractivity contribution in [2.75, 3.05) is 25.2 Å². The molecule has 1 N–H and O–H groups in total. The number of ether oxygens (including phenoxy) is 1. The fourth-order valence-corrected chi connectivity index (χ4v) is 4.24. The molecule has 8 heteroatoms. The minimum atomic E-state index is -3.53. The first-order valence-electron chi connectivity index (χ1n) is 8.39. The Kier molecular flexibility index (Phi) is 7.29. The number of hydrogen-bond donors (Lipinski definition) is 1. The Morgan fingerprint density at radius 3 is 2.22 bits per heavy atom. The number of carbonyl (C=O) groups is 1. The summed E-state index contributed by atoms with van der Waals surface area (Å²) in [5.41, 5.74) is 0.557. The van der Waals surface area contributed by atoms with Crippen molar-refractivity contribution in [2.24, 2.45) is 0 Å². The standard InChI is InChI=1S/C19H24N2O4S2/c1-14(2)21(3)27(23,24)18-11-5-15(6-12-18)20-19(22)13-26-17-9-7-16(25-4)8-10-17/h5-12,14H,13H2,1-4H3,(H,20,22). The predicted octanol–water partition coefficient (Wildman–Crippen LogP) is 3.45. The molecular formula is C19H24N2O4S2. The van der Waals surface area contributed by atoms with Gasteiger partial charge in [0.2, 0.25) is 15.9 Å². The second kappa shape index (κ2) is 9.25. The third-order valence-corrected chi connectivity index (χ3v) is 7.03. The lowest BCUT2D eigenvalue weighted by molar-refractivity contribution is -0.113. The van der Waals surface area contributed by atoms with Crippen molar-refractivity contribution in [3.8, 4) is 5.75 Å². The highest BCUT2D eigenvalue weighted by molar-refractivity contribution is 8.00. The zero-order chi connectivity index (χ0) is 20.0. The summed E-state index contributed by atoms with van der Waals surface area (Å²) in [7, 11) is -0.377. The first-order valence-corrected chi connectivity index (χ1v) is 10.8. The molecule has 0 atom stereocenters. The first-order chi connectivity index (χ1) is 12.7. The van der Waals surface area contributed by atoms with Gasteiger partial charge in [-0.1, -0.05) is 0 Å². The van der Waals surface area contributed by atoms with Gasteiger partial charge in [-0.2, -0.15) is 4.31 Å². The summed E-state index contributed by atoms with van der Waals surface area (Å²) in [4.78, 5) is 13.3. The molecule has 146 valence electrons. The van der Waals surface area contributed by atoms with Gasteiger partial charge in [-0.25, -0.2) is 8.42 Å². The van der Waals surface area contributed by atoms with Crippen LogP contribution in [-0.2, 0) is 14.8 Å². The molecule has 0 heterocycles. The average Bonchev–Trinajstić information content (AvgIpc) is 2.66. The Hall–Kier alpha value is -2.03. The fraction of sp³-hybridized carbons (Fsp3) is 0.316. The van der Waals surface area contributed by atoms with E-state index in [9.17, 15) is 13.2 Å². The largest absolute Gasteiger partial charge is 0.497 e. The van der Waals surface area contributed by atoms with Gasteiger partial charge in [0.05, 0.1) is 17.8 Å². The van der Waals surface area contributed by atoms with Crippen LogP contribution >= 0.6 is 11.8 Å². The summed E-state index contributed by atoms with van der Waals surface area (Å²) in [6, 6.07) is 13.5. The molecule has 0 aliphatic rings. The van der Waals surface area contributed by atoms with Crippen LogP contribution < -0.4 is 10.1 Å². The smallest absolute Gasteiger partial charge is 0.243 e. The zero-order valence-corrected chi connectivity index (χ0v) is 17.4. The van der Waals surface area contributed by atoms with E-state index >= 15 is 0 Å². The minimum Gasteiger partial charge on any atom is -0.497 e. The van der Waals surface area contributed by atoms with Crippen LogP contribution in [0.2, 0.25) is 0 Å². The summed E-state index contributed by atoms with van der Waals surface area (Å²) >= 11 is 1.41. The molecule has 6 nitrogen and oxygen atoms in total. The highest BCUT2D eigenvalue weighted by Crippen LogP contribution is 2.22. The number of hydrogen-bond acceptors (Lipinski definition) is 5.